The fourth-order valence-corrected chi connectivity index (χ4v) is 4.39. The second kappa shape index (κ2) is 10.5. The number of carbonyl (C=O) groups excluding carboxylic acids is 3. The van der Waals surface area contributed by atoms with Gasteiger partial charge in [-0.1, -0.05) is 42.0 Å². The van der Waals surface area contributed by atoms with E-state index < -0.39 is 17.4 Å². The van der Waals surface area contributed by atoms with Crippen molar-refractivity contribution in [1.29, 1.82) is 0 Å². The van der Waals surface area contributed by atoms with Gasteiger partial charge in [-0.15, -0.1) is 0 Å². The van der Waals surface area contributed by atoms with Crippen molar-refractivity contribution in [2.75, 3.05) is 7.11 Å². The molecule has 0 radical (unpaired) electrons. The van der Waals surface area contributed by atoms with Gasteiger partial charge in [0.25, 0.3) is 5.91 Å². The highest BCUT2D eigenvalue weighted by atomic mass is 16.5. The second-order valence-electron chi connectivity index (χ2n) is 9.71. The molecule has 2 amide bonds. The Hall–Kier alpha value is -4.14. The van der Waals surface area contributed by atoms with Gasteiger partial charge in [-0.25, -0.2) is 9.78 Å². The van der Waals surface area contributed by atoms with Crippen molar-refractivity contribution in [2.45, 2.75) is 59.0 Å². The maximum Gasteiger partial charge on any atom is 0.359 e. The minimum absolute atomic E-state index is 0.0343. The number of carbonyl (C=O) groups is 3. The lowest BCUT2D eigenvalue weighted by Gasteiger charge is -2.43. The number of benzene rings is 2. The van der Waals surface area contributed by atoms with E-state index in [9.17, 15) is 14.4 Å². The van der Waals surface area contributed by atoms with Gasteiger partial charge in [0.05, 0.1) is 26.1 Å². The van der Waals surface area contributed by atoms with Gasteiger partial charge in [0, 0.05) is 13.1 Å². The van der Waals surface area contributed by atoms with Crippen LogP contribution < -0.4 is 10.1 Å². The second-order valence-corrected chi connectivity index (χ2v) is 9.71. The molecule has 1 aromatic heterocycles. The van der Waals surface area contributed by atoms with Gasteiger partial charge < -0.3 is 24.3 Å². The van der Waals surface area contributed by atoms with Gasteiger partial charge in [0.1, 0.15) is 17.0 Å². The summed E-state index contributed by atoms with van der Waals surface area (Å²) in [5.74, 6) is -0.766. The summed E-state index contributed by atoms with van der Waals surface area (Å²) in [5.41, 5.74) is 1.69. The van der Waals surface area contributed by atoms with Crippen molar-refractivity contribution in [3.05, 3.63) is 82.9 Å². The number of ether oxygens (including phenoxy) is 2. The number of methoxy groups -OCH3 is 1. The highest BCUT2D eigenvalue weighted by Gasteiger charge is 2.48. The molecule has 194 valence electrons. The summed E-state index contributed by atoms with van der Waals surface area (Å²) >= 11 is 0. The molecule has 9 heteroatoms. The van der Waals surface area contributed by atoms with Crippen LogP contribution in [-0.2, 0) is 29.2 Å². The van der Waals surface area contributed by atoms with Crippen LogP contribution in [0.1, 0.15) is 58.4 Å². The van der Waals surface area contributed by atoms with Gasteiger partial charge in [-0.3, -0.25) is 9.59 Å². The maximum absolute atomic E-state index is 13.8. The molecule has 37 heavy (non-hydrogen) atoms. The molecule has 0 spiro atoms. The van der Waals surface area contributed by atoms with Crippen molar-refractivity contribution in [3.8, 4) is 5.75 Å². The molecule has 0 fully saturated rings. The van der Waals surface area contributed by atoms with Crippen molar-refractivity contribution >= 4 is 17.8 Å². The predicted octanol–water partition coefficient (Wildman–Crippen LogP) is 3.50. The number of nitrogens with zero attached hydrogens (tertiary/aromatic N) is 3. The Morgan fingerprint density at radius 2 is 1.73 bits per heavy atom. The van der Waals surface area contributed by atoms with E-state index in [4.69, 9.17) is 9.47 Å². The highest BCUT2D eigenvalue weighted by Crippen LogP contribution is 2.31. The third-order valence-corrected chi connectivity index (χ3v) is 6.44. The van der Waals surface area contributed by atoms with Crippen LogP contribution in [0.2, 0.25) is 0 Å². The molecule has 1 atom stereocenters. The summed E-state index contributed by atoms with van der Waals surface area (Å²) < 4.78 is 12.1. The van der Waals surface area contributed by atoms with Gasteiger partial charge >= 0.3 is 5.97 Å². The number of aromatic nitrogens is 2. The fourth-order valence-electron chi connectivity index (χ4n) is 4.39. The predicted molar refractivity (Wildman–Crippen MR) is 137 cm³/mol. The summed E-state index contributed by atoms with van der Waals surface area (Å²) in [6.45, 7) is 8.23. The zero-order valence-electron chi connectivity index (χ0n) is 21.8. The molecule has 9 nitrogen and oxygen atoms in total. The van der Waals surface area contributed by atoms with E-state index >= 15 is 0 Å². The van der Waals surface area contributed by atoms with E-state index in [1.807, 2.05) is 69.3 Å². The average Bonchev–Trinajstić information content (AvgIpc) is 3.29. The zero-order chi connectivity index (χ0) is 26.7. The summed E-state index contributed by atoms with van der Waals surface area (Å²) in [6.07, 6.45) is 1.44. The van der Waals surface area contributed by atoms with Crippen LogP contribution in [0.4, 0.5) is 0 Å². The number of nitrogens with one attached hydrogen (secondary N) is 1. The number of amides is 2. The summed E-state index contributed by atoms with van der Waals surface area (Å²) in [6, 6.07) is 15.3. The normalized spacial score (nSPS) is 16.9. The third-order valence-electron chi connectivity index (χ3n) is 6.44. The number of imidazole rings is 1. The number of hydrogen-bond acceptors (Lipinski definition) is 6. The van der Waals surface area contributed by atoms with Gasteiger partial charge in [0.15, 0.2) is 5.69 Å². The van der Waals surface area contributed by atoms with E-state index in [0.29, 0.717) is 12.3 Å². The van der Waals surface area contributed by atoms with E-state index in [-0.39, 0.29) is 36.5 Å². The number of rotatable bonds is 8. The summed E-state index contributed by atoms with van der Waals surface area (Å²) in [4.78, 5) is 45.4. The Bertz CT molecular complexity index is 1300. The van der Waals surface area contributed by atoms with Crippen LogP contribution in [0.3, 0.4) is 0 Å². The number of esters is 1. The molecule has 1 aliphatic rings. The quantitative estimate of drug-likeness (QED) is 0.471. The molecule has 2 heterocycles. The molecule has 0 unspecified atom stereocenters. The topological polar surface area (TPSA) is 103 Å². The van der Waals surface area contributed by atoms with Crippen molar-refractivity contribution < 1.29 is 23.9 Å². The highest BCUT2D eigenvalue weighted by molar-refractivity contribution is 6.06. The van der Waals surface area contributed by atoms with Crippen LogP contribution >= 0.6 is 0 Å². The van der Waals surface area contributed by atoms with Crippen LogP contribution in [0.15, 0.2) is 54.9 Å². The Morgan fingerprint density at radius 1 is 1.08 bits per heavy atom. The molecule has 4 rings (SSSR count). The van der Waals surface area contributed by atoms with Gasteiger partial charge in [-0.2, -0.15) is 0 Å². The van der Waals surface area contributed by atoms with E-state index in [2.05, 4.69) is 10.3 Å². The Kier molecular flexibility index (Phi) is 7.33. The molecule has 3 aromatic rings. The smallest absolute Gasteiger partial charge is 0.359 e. The van der Waals surface area contributed by atoms with E-state index in [0.717, 1.165) is 16.7 Å². The van der Waals surface area contributed by atoms with Crippen LogP contribution in [0, 0.1) is 6.92 Å². The fraction of sp³-hybridized carbons (Fsp3) is 0.357. The number of hydrogen-bond donors (Lipinski definition) is 1. The first-order chi connectivity index (χ1) is 17.6. The number of fused-ring (bicyclic) bond motifs is 1. The van der Waals surface area contributed by atoms with Crippen molar-refractivity contribution in [2.24, 2.45) is 0 Å². The Balaban J connectivity index is 1.65. The van der Waals surface area contributed by atoms with E-state index in [1.54, 1.807) is 11.5 Å². The van der Waals surface area contributed by atoms with Crippen LogP contribution in [0.5, 0.6) is 5.75 Å². The molecule has 0 aliphatic carbocycles. The SMILES string of the molecule is COC(=O)c1ncn2c1C(=O)N(Cc1ccc(OC(C)C)cc1)[C@@](C)(C(=O)NCc1ccc(C)cc1)C2. The molecular formula is C28H32N4O5. The average molecular weight is 505 g/mol. The first-order valence-electron chi connectivity index (χ1n) is 12.2. The Labute approximate surface area is 216 Å². The summed E-state index contributed by atoms with van der Waals surface area (Å²) in [7, 11) is 1.24. The molecule has 0 saturated heterocycles. The number of aryl methyl sites for hydroxylation is 1. The van der Waals surface area contributed by atoms with Crippen LogP contribution in [0.25, 0.3) is 0 Å². The first kappa shape index (κ1) is 25.9. The van der Waals surface area contributed by atoms with Crippen LogP contribution in [-0.4, -0.2) is 51.0 Å². The molecule has 0 saturated carbocycles. The van der Waals surface area contributed by atoms with E-state index in [1.165, 1.54) is 18.3 Å². The largest absolute Gasteiger partial charge is 0.491 e. The molecule has 0 bridgehead atoms. The minimum Gasteiger partial charge on any atom is -0.491 e. The third kappa shape index (κ3) is 5.35. The van der Waals surface area contributed by atoms with Crippen molar-refractivity contribution in [1.82, 2.24) is 19.8 Å². The lowest BCUT2D eigenvalue weighted by Crippen LogP contribution is -2.63. The molecule has 1 aliphatic heterocycles. The molecule has 2 aromatic carbocycles. The Morgan fingerprint density at radius 3 is 2.35 bits per heavy atom. The minimum atomic E-state index is -1.24. The lowest BCUT2D eigenvalue weighted by atomic mass is 9.93. The molecule has 1 N–H and O–H groups in total. The standard InChI is InChI=1S/C28H32N4O5/c1-18(2)37-22-12-10-21(11-13-22)15-32-25(33)24-23(26(34)36-5)30-17-31(24)16-28(32,4)27(35)29-14-20-8-6-19(3)7-9-20/h6-13,17-18H,14-16H2,1-5H3,(H,29,35)/t28-/m1/s1. The van der Waals surface area contributed by atoms with Gasteiger partial charge in [0.2, 0.25) is 5.91 Å². The molecular weight excluding hydrogens is 472 g/mol. The summed E-state index contributed by atoms with van der Waals surface area (Å²) in [5, 5.41) is 2.99. The zero-order valence-corrected chi connectivity index (χ0v) is 21.8. The first-order valence-corrected chi connectivity index (χ1v) is 12.2. The van der Waals surface area contributed by atoms with Gasteiger partial charge in [-0.05, 0) is 51.0 Å². The maximum atomic E-state index is 13.8. The lowest BCUT2D eigenvalue weighted by molar-refractivity contribution is -0.133. The van der Waals surface area contributed by atoms with Crippen molar-refractivity contribution in [3.63, 3.8) is 0 Å². The monoisotopic (exact) mass is 504 g/mol.